The lowest BCUT2D eigenvalue weighted by Crippen LogP contribution is -2.02. The van der Waals surface area contributed by atoms with Crippen LogP contribution in [0, 0.1) is 6.92 Å². The van der Waals surface area contributed by atoms with Crippen molar-refractivity contribution >= 4 is 11.8 Å². The molecule has 0 bridgehead atoms. The summed E-state index contributed by atoms with van der Waals surface area (Å²) in [4.78, 5) is 8.50. The third kappa shape index (κ3) is 3.67. The van der Waals surface area contributed by atoms with E-state index in [-0.39, 0.29) is 0 Å². The lowest BCUT2D eigenvalue weighted by atomic mass is 10.2. The maximum absolute atomic E-state index is 5.73. The molecule has 6 nitrogen and oxygen atoms in total. The molecule has 0 atom stereocenters. The minimum absolute atomic E-state index is 0.466. The van der Waals surface area contributed by atoms with E-state index in [1.165, 1.54) is 5.56 Å². The fraction of sp³-hybridized carbons (Fsp3) is 0.267. The van der Waals surface area contributed by atoms with Crippen molar-refractivity contribution in [2.24, 2.45) is 7.05 Å². The average Bonchev–Trinajstić information content (AvgIpc) is 3.12. The van der Waals surface area contributed by atoms with Crippen molar-refractivity contribution in [3.63, 3.8) is 0 Å². The fourth-order valence-corrected chi connectivity index (χ4v) is 2.70. The highest BCUT2D eigenvalue weighted by Crippen LogP contribution is 2.21. The molecule has 0 saturated carbocycles. The van der Waals surface area contributed by atoms with Gasteiger partial charge >= 0.3 is 0 Å². The Balaban J connectivity index is 1.52. The van der Waals surface area contributed by atoms with Gasteiger partial charge in [-0.2, -0.15) is 0 Å². The van der Waals surface area contributed by atoms with E-state index >= 15 is 0 Å². The summed E-state index contributed by atoms with van der Waals surface area (Å²) in [6.45, 7) is 2.36. The van der Waals surface area contributed by atoms with Crippen LogP contribution < -0.4 is 4.74 Å². The van der Waals surface area contributed by atoms with Gasteiger partial charge in [-0.1, -0.05) is 23.9 Å². The Kier molecular flexibility index (Phi) is 4.43. The Bertz CT molecular complexity index is 734. The molecule has 0 saturated heterocycles. The van der Waals surface area contributed by atoms with Crippen molar-refractivity contribution in [3.05, 3.63) is 53.9 Å². The van der Waals surface area contributed by atoms with Crippen LogP contribution >= 0.6 is 11.8 Å². The number of thioether (sulfide) groups is 1. The van der Waals surface area contributed by atoms with Gasteiger partial charge in [-0.05, 0) is 24.6 Å². The number of nitrogens with one attached hydrogen (secondary N) is 1. The second-order valence-electron chi connectivity index (χ2n) is 4.88. The summed E-state index contributed by atoms with van der Waals surface area (Å²) in [6.07, 6.45) is 3.67. The maximum Gasteiger partial charge on any atom is 0.208 e. The van der Waals surface area contributed by atoms with Gasteiger partial charge < -0.3 is 9.30 Å². The van der Waals surface area contributed by atoms with Crippen LogP contribution in [0.3, 0.4) is 0 Å². The first-order chi connectivity index (χ1) is 10.7. The highest BCUT2D eigenvalue weighted by molar-refractivity contribution is 7.98. The number of hydrogen-bond acceptors (Lipinski definition) is 5. The van der Waals surface area contributed by atoms with E-state index in [9.17, 15) is 0 Å². The van der Waals surface area contributed by atoms with Crippen molar-refractivity contribution in [2.75, 3.05) is 0 Å². The van der Waals surface area contributed by atoms with Crippen molar-refractivity contribution in [1.82, 2.24) is 24.7 Å². The molecule has 3 rings (SSSR count). The quantitative estimate of drug-likeness (QED) is 0.708. The molecule has 0 radical (unpaired) electrons. The Morgan fingerprint density at radius 3 is 2.73 bits per heavy atom. The van der Waals surface area contributed by atoms with Gasteiger partial charge in [-0.15, -0.1) is 5.10 Å². The van der Waals surface area contributed by atoms with Gasteiger partial charge in [-0.25, -0.2) is 9.97 Å². The number of hydrogen-bond donors (Lipinski definition) is 1. The zero-order valence-electron chi connectivity index (χ0n) is 12.5. The van der Waals surface area contributed by atoms with Gasteiger partial charge in [0.05, 0.1) is 0 Å². The first kappa shape index (κ1) is 14.6. The largest absolute Gasteiger partial charge is 0.486 e. The average molecular weight is 315 g/mol. The first-order valence-electron chi connectivity index (χ1n) is 6.90. The molecule has 2 aromatic heterocycles. The van der Waals surface area contributed by atoms with Crippen molar-refractivity contribution in [1.29, 1.82) is 0 Å². The van der Waals surface area contributed by atoms with E-state index in [4.69, 9.17) is 4.74 Å². The molecule has 0 amide bonds. The molecular weight excluding hydrogens is 298 g/mol. The van der Waals surface area contributed by atoms with E-state index in [2.05, 4.69) is 32.3 Å². The molecule has 0 aliphatic carbocycles. The monoisotopic (exact) mass is 315 g/mol. The predicted molar refractivity (Wildman–Crippen MR) is 84.7 cm³/mol. The van der Waals surface area contributed by atoms with Crippen LogP contribution in [0.1, 0.15) is 17.2 Å². The Morgan fingerprint density at radius 2 is 2.09 bits per heavy atom. The zero-order chi connectivity index (χ0) is 15.4. The summed E-state index contributed by atoms with van der Waals surface area (Å²) in [6, 6.07) is 8.06. The summed E-state index contributed by atoms with van der Waals surface area (Å²) in [5, 5.41) is 7.72. The molecule has 0 aliphatic heterocycles. The van der Waals surface area contributed by atoms with Crippen LogP contribution in [0.15, 0.2) is 41.8 Å². The zero-order valence-corrected chi connectivity index (χ0v) is 13.3. The van der Waals surface area contributed by atoms with Crippen LogP contribution in [0.2, 0.25) is 0 Å². The van der Waals surface area contributed by atoms with Crippen LogP contribution in [0.5, 0.6) is 5.75 Å². The third-order valence-electron chi connectivity index (χ3n) is 3.16. The topological polar surface area (TPSA) is 68.6 Å². The van der Waals surface area contributed by atoms with Crippen molar-refractivity contribution in [2.45, 2.75) is 24.4 Å². The SMILES string of the molecule is Cc1nc(SCc2ccc(OCc3nccn3C)cc2)n[nH]1. The van der Waals surface area contributed by atoms with Gasteiger partial charge in [0, 0.05) is 25.2 Å². The molecular formula is C15H17N5OS. The molecule has 3 aromatic rings. The predicted octanol–water partition coefficient (Wildman–Crippen LogP) is 2.72. The molecule has 0 aliphatic rings. The summed E-state index contributed by atoms with van der Waals surface area (Å²) in [5.74, 6) is 3.40. The molecule has 0 fully saturated rings. The molecule has 22 heavy (non-hydrogen) atoms. The second kappa shape index (κ2) is 6.65. The number of rotatable bonds is 6. The van der Waals surface area contributed by atoms with Gasteiger partial charge in [0.1, 0.15) is 24.0 Å². The van der Waals surface area contributed by atoms with Crippen molar-refractivity contribution < 1.29 is 4.74 Å². The minimum atomic E-state index is 0.466. The standard InChI is InChI=1S/C15H17N5OS/c1-11-17-15(19-18-11)22-10-12-3-5-13(6-4-12)21-9-14-16-7-8-20(14)2/h3-8H,9-10H2,1-2H3,(H,17,18,19). The second-order valence-corrected chi connectivity index (χ2v) is 5.82. The molecule has 0 unspecified atom stereocenters. The number of aromatic nitrogens is 5. The summed E-state index contributed by atoms with van der Waals surface area (Å²) in [5.41, 5.74) is 1.21. The van der Waals surface area contributed by atoms with Gasteiger partial charge in [0.15, 0.2) is 0 Å². The van der Waals surface area contributed by atoms with Crippen LogP contribution in [-0.4, -0.2) is 24.7 Å². The Hall–Kier alpha value is -2.28. The molecule has 2 heterocycles. The van der Waals surface area contributed by atoms with E-state index in [1.54, 1.807) is 18.0 Å². The Labute approximate surface area is 132 Å². The third-order valence-corrected chi connectivity index (χ3v) is 4.08. The van der Waals surface area contributed by atoms with E-state index < -0.39 is 0 Å². The number of H-pyrrole nitrogens is 1. The van der Waals surface area contributed by atoms with Gasteiger partial charge in [-0.3, -0.25) is 5.10 Å². The summed E-state index contributed by atoms with van der Waals surface area (Å²) in [7, 11) is 1.96. The number of ether oxygens (including phenoxy) is 1. The molecule has 0 spiro atoms. The lowest BCUT2D eigenvalue weighted by molar-refractivity contribution is 0.292. The van der Waals surface area contributed by atoms with Crippen molar-refractivity contribution in [3.8, 4) is 5.75 Å². The fourth-order valence-electron chi connectivity index (χ4n) is 1.90. The maximum atomic E-state index is 5.73. The van der Waals surface area contributed by atoms with Crippen LogP contribution in [0.4, 0.5) is 0 Å². The summed E-state index contributed by atoms with van der Waals surface area (Å²) >= 11 is 1.61. The smallest absolute Gasteiger partial charge is 0.208 e. The van der Waals surface area contributed by atoms with Gasteiger partial charge in [0.2, 0.25) is 5.16 Å². The van der Waals surface area contributed by atoms with Crippen LogP contribution in [0.25, 0.3) is 0 Å². The van der Waals surface area contributed by atoms with E-state index in [1.807, 2.05) is 36.9 Å². The highest BCUT2D eigenvalue weighted by atomic mass is 32.2. The molecule has 7 heteroatoms. The minimum Gasteiger partial charge on any atom is -0.486 e. The summed E-state index contributed by atoms with van der Waals surface area (Å²) < 4.78 is 7.68. The van der Waals surface area contributed by atoms with E-state index in [0.717, 1.165) is 28.3 Å². The normalized spacial score (nSPS) is 10.8. The first-order valence-corrected chi connectivity index (χ1v) is 7.89. The number of imidazole rings is 1. The highest BCUT2D eigenvalue weighted by Gasteiger charge is 2.03. The number of nitrogens with zero attached hydrogens (tertiary/aromatic N) is 4. The van der Waals surface area contributed by atoms with Gasteiger partial charge in [0.25, 0.3) is 0 Å². The number of benzene rings is 1. The Morgan fingerprint density at radius 1 is 1.27 bits per heavy atom. The number of aryl methyl sites for hydroxylation is 2. The lowest BCUT2D eigenvalue weighted by Gasteiger charge is -2.07. The van der Waals surface area contributed by atoms with Crippen LogP contribution in [-0.2, 0) is 19.4 Å². The molecule has 1 aromatic carbocycles. The molecule has 1 N–H and O–H groups in total. The van der Waals surface area contributed by atoms with E-state index in [0.29, 0.717) is 6.61 Å². The number of aromatic amines is 1. The molecule has 114 valence electrons.